The van der Waals surface area contributed by atoms with Crippen LogP contribution in [0.5, 0.6) is 0 Å². The van der Waals surface area contributed by atoms with Crippen LogP contribution in [0.1, 0.15) is 18.3 Å². The van der Waals surface area contributed by atoms with E-state index in [0.29, 0.717) is 0 Å². The Labute approximate surface area is 77.8 Å². The molecule has 0 saturated heterocycles. The normalized spacial score (nSPS) is 16.6. The topological polar surface area (TPSA) is 53.6 Å². The van der Waals surface area contributed by atoms with Gasteiger partial charge in [0.2, 0.25) is 0 Å². The largest absolute Gasteiger partial charge is 0.467 e. The number of hydrogen-bond acceptors (Lipinski definition) is 3. The third-order valence-corrected chi connectivity index (χ3v) is 1.70. The summed E-state index contributed by atoms with van der Waals surface area (Å²) >= 11 is 0. The summed E-state index contributed by atoms with van der Waals surface area (Å²) in [7, 11) is 0. The predicted octanol–water partition coefficient (Wildman–Crippen LogP) is 1.63. The van der Waals surface area contributed by atoms with E-state index in [1.165, 1.54) is 18.4 Å². The number of furan rings is 1. The average Bonchev–Trinajstić information content (AvgIpc) is 2.53. The van der Waals surface area contributed by atoms with Gasteiger partial charge >= 0.3 is 6.18 Å². The van der Waals surface area contributed by atoms with Crippen molar-refractivity contribution in [2.75, 3.05) is 0 Å². The van der Waals surface area contributed by atoms with E-state index in [-0.39, 0.29) is 5.76 Å². The molecule has 0 amide bonds. The second-order valence-electron chi connectivity index (χ2n) is 2.82. The van der Waals surface area contributed by atoms with Crippen molar-refractivity contribution in [3.8, 4) is 0 Å². The van der Waals surface area contributed by atoms with E-state index < -0.39 is 24.8 Å². The van der Waals surface area contributed by atoms with Crippen molar-refractivity contribution in [2.45, 2.75) is 24.8 Å². The second-order valence-corrected chi connectivity index (χ2v) is 2.82. The highest BCUT2D eigenvalue weighted by Crippen LogP contribution is 2.28. The molecule has 1 rings (SSSR count). The Morgan fingerprint density at radius 3 is 2.43 bits per heavy atom. The minimum atomic E-state index is -4.71. The van der Waals surface area contributed by atoms with Gasteiger partial charge in [-0.15, -0.1) is 0 Å². The van der Waals surface area contributed by atoms with Crippen molar-refractivity contribution in [3.63, 3.8) is 0 Å². The third kappa shape index (κ3) is 2.74. The Hall–Kier alpha value is -1.01. The standard InChI is InChI=1S/C8H9F3O3/c9-8(10,11)7(13)4-5(12)6-2-1-3-14-6/h1-3,5,7,12-13H,4H2. The van der Waals surface area contributed by atoms with Crippen molar-refractivity contribution in [2.24, 2.45) is 0 Å². The summed E-state index contributed by atoms with van der Waals surface area (Å²) in [5.74, 6) is 0.00769. The van der Waals surface area contributed by atoms with Crippen LogP contribution >= 0.6 is 0 Å². The molecule has 0 fully saturated rings. The fourth-order valence-corrected chi connectivity index (χ4v) is 0.942. The van der Waals surface area contributed by atoms with Gasteiger partial charge < -0.3 is 14.6 Å². The summed E-state index contributed by atoms with van der Waals surface area (Å²) < 4.78 is 40.3. The smallest absolute Gasteiger partial charge is 0.414 e. The summed E-state index contributed by atoms with van der Waals surface area (Å²) in [5.41, 5.74) is 0. The van der Waals surface area contributed by atoms with E-state index in [9.17, 15) is 18.3 Å². The molecule has 2 unspecified atom stereocenters. The van der Waals surface area contributed by atoms with Crippen LogP contribution in [-0.4, -0.2) is 22.5 Å². The number of hydrogen-bond donors (Lipinski definition) is 2. The molecule has 0 aliphatic heterocycles. The molecule has 0 radical (unpaired) electrons. The van der Waals surface area contributed by atoms with Crippen LogP contribution in [0.25, 0.3) is 0 Å². The molecule has 80 valence electrons. The summed E-state index contributed by atoms with van der Waals surface area (Å²) in [6, 6.07) is 2.78. The van der Waals surface area contributed by atoms with Gasteiger partial charge in [0.05, 0.1) is 6.26 Å². The quantitative estimate of drug-likeness (QED) is 0.797. The third-order valence-electron chi connectivity index (χ3n) is 1.70. The molecule has 1 aromatic rings. The summed E-state index contributed by atoms with van der Waals surface area (Å²) in [4.78, 5) is 0. The van der Waals surface area contributed by atoms with Crippen LogP contribution in [0.2, 0.25) is 0 Å². The van der Waals surface area contributed by atoms with Crippen LogP contribution in [0, 0.1) is 0 Å². The first kappa shape index (κ1) is 11.1. The molecule has 1 aromatic heterocycles. The number of aliphatic hydroxyl groups excluding tert-OH is 2. The zero-order valence-corrected chi connectivity index (χ0v) is 7.03. The lowest BCUT2D eigenvalue weighted by Gasteiger charge is -2.16. The molecular weight excluding hydrogens is 201 g/mol. The summed E-state index contributed by atoms with van der Waals surface area (Å²) in [5, 5.41) is 17.8. The van der Waals surface area contributed by atoms with E-state index >= 15 is 0 Å². The van der Waals surface area contributed by atoms with Gasteiger partial charge in [-0.2, -0.15) is 13.2 Å². The Morgan fingerprint density at radius 2 is 2.00 bits per heavy atom. The monoisotopic (exact) mass is 210 g/mol. The van der Waals surface area contributed by atoms with Gasteiger partial charge in [-0.3, -0.25) is 0 Å². The minimum absolute atomic E-state index is 0.00769. The zero-order valence-electron chi connectivity index (χ0n) is 7.03. The molecule has 0 spiro atoms. The van der Waals surface area contributed by atoms with Crippen molar-refractivity contribution >= 4 is 0 Å². The lowest BCUT2D eigenvalue weighted by molar-refractivity contribution is -0.211. The van der Waals surface area contributed by atoms with E-state index in [1.807, 2.05) is 0 Å². The maximum Gasteiger partial charge on any atom is 0.414 e. The SMILES string of the molecule is OC(CC(O)C(F)(F)F)c1ccco1. The van der Waals surface area contributed by atoms with Crippen molar-refractivity contribution < 1.29 is 27.8 Å². The van der Waals surface area contributed by atoms with Crippen LogP contribution in [0.15, 0.2) is 22.8 Å². The first-order valence-electron chi connectivity index (χ1n) is 3.87. The molecule has 1 heterocycles. The van der Waals surface area contributed by atoms with Gasteiger partial charge in [-0.25, -0.2) is 0 Å². The average molecular weight is 210 g/mol. The van der Waals surface area contributed by atoms with E-state index in [4.69, 9.17) is 5.11 Å². The number of rotatable bonds is 3. The maximum atomic E-state index is 11.9. The molecule has 0 saturated carbocycles. The Balaban J connectivity index is 2.53. The highest BCUT2D eigenvalue weighted by Gasteiger charge is 2.39. The summed E-state index contributed by atoms with van der Waals surface area (Å²) in [6.07, 6.45) is -8.28. The number of aliphatic hydroxyl groups is 2. The maximum absolute atomic E-state index is 11.9. The molecular formula is C8H9F3O3. The molecule has 0 aliphatic carbocycles. The first-order valence-corrected chi connectivity index (χ1v) is 3.87. The molecule has 0 bridgehead atoms. The van der Waals surface area contributed by atoms with E-state index in [1.54, 1.807) is 0 Å². The highest BCUT2D eigenvalue weighted by molar-refractivity contribution is 5.02. The fourth-order valence-electron chi connectivity index (χ4n) is 0.942. The first-order chi connectivity index (χ1) is 6.41. The van der Waals surface area contributed by atoms with Gasteiger partial charge in [0.25, 0.3) is 0 Å². The van der Waals surface area contributed by atoms with E-state index in [0.717, 1.165) is 0 Å². The van der Waals surface area contributed by atoms with E-state index in [2.05, 4.69) is 4.42 Å². The van der Waals surface area contributed by atoms with Crippen LogP contribution in [0.3, 0.4) is 0 Å². The Morgan fingerprint density at radius 1 is 1.36 bits per heavy atom. The molecule has 0 aromatic carbocycles. The van der Waals surface area contributed by atoms with Gasteiger partial charge in [-0.05, 0) is 12.1 Å². The van der Waals surface area contributed by atoms with Gasteiger partial charge in [0.15, 0.2) is 6.10 Å². The molecule has 3 nitrogen and oxygen atoms in total. The molecule has 6 heteroatoms. The second kappa shape index (κ2) is 4.02. The summed E-state index contributed by atoms with van der Waals surface area (Å²) in [6.45, 7) is 0. The molecule has 14 heavy (non-hydrogen) atoms. The van der Waals surface area contributed by atoms with Crippen molar-refractivity contribution in [3.05, 3.63) is 24.2 Å². The zero-order chi connectivity index (χ0) is 10.8. The van der Waals surface area contributed by atoms with Crippen LogP contribution in [0.4, 0.5) is 13.2 Å². The molecule has 0 aliphatic rings. The Bertz CT molecular complexity index is 268. The van der Waals surface area contributed by atoms with Gasteiger partial charge in [0.1, 0.15) is 11.9 Å². The molecule has 2 N–H and O–H groups in total. The molecule has 2 atom stereocenters. The van der Waals surface area contributed by atoms with Crippen LogP contribution < -0.4 is 0 Å². The lowest BCUT2D eigenvalue weighted by atomic mass is 10.1. The van der Waals surface area contributed by atoms with Crippen molar-refractivity contribution in [1.29, 1.82) is 0 Å². The highest BCUT2D eigenvalue weighted by atomic mass is 19.4. The number of alkyl halides is 3. The Kier molecular flexibility index (Phi) is 3.17. The number of halogens is 3. The predicted molar refractivity (Wildman–Crippen MR) is 40.3 cm³/mol. The lowest BCUT2D eigenvalue weighted by Crippen LogP contribution is -2.30. The van der Waals surface area contributed by atoms with Gasteiger partial charge in [0, 0.05) is 6.42 Å². The minimum Gasteiger partial charge on any atom is -0.467 e. The fraction of sp³-hybridized carbons (Fsp3) is 0.500. The van der Waals surface area contributed by atoms with Crippen LogP contribution in [-0.2, 0) is 0 Å². The van der Waals surface area contributed by atoms with Gasteiger partial charge in [-0.1, -0.05) is 0 Å². The van der Waals surface area contributed by atoms with Crippen molar-refractivity contribution in [1.82, 2.24) is 0 Å².